The molecule has 1 aliphatic rings. The van der Waals surface area contributed by atoms with Crippen LogP contribution in [0.2, 0.25) is 0 Å². The Bertz CT molecular complexity index is 2730. The predicted molar refractivity (Wildman–Crippen MR) is 222 cm³/mol. The van der Waals surface area contributed by atoms with Gasteiger partial charge in [-0.15, -0.1) is 35.7 Å². The van der Waals surface area contributed by atoms with Crippen LogP contribution in [0.15, 0.2) is 108 Å². The zero-order valence-corrected chi connectivity index (χ0v) is 34.6. The van der Waals surface area contributed by atoms with E-state index in [9.17, 15) is 0 Å². The maximum absolute atomic E-state index is 6.43. The van der Waals surface area contributed by atoms with Gasteiger partial charge in [-0.05, 0) is 89.7 Å². The molecule has 0 N–H and O–H groups in total. The second-order valence-electron chi connectivity index (χ2n) is 15.9. The maximum atomic E-state index is 6.43. The molecule has 0 saturated carbocycles. The first kappa shape index (κ1) is 36.9. The molecule has 0 aliphatic carbocycles. The van der Waals surface area contributed by atoms with E-state index in [2.05, 4.69) is 143 Å². The third-order valence-electron chi connectivity index (χ3n) is 11.2. The number of ether oxygens (including phenoxy) is 1. The maximum Gasteiger partial charge on any atom is 2.00 e. The molecule has 5 heterocycles. The van der Waals surface area contributed by atoms with Gasteiger partial charge in [0.25, 0.3) is 0 Å². The van der Waals surface area contributed by atoms with E-state index in [0.717, 1.165) is 61.2 Å². The van der Waals surface area contributed by atoms with Crippen LogP contribution in [0.5, 0.6) is 0 Å². The van der Waals surface area contributed by atoms with Crippen LogP contribution in [0.3, 0.4) is 0 Å². The Morgan fingerprint density at radius 1 is 0.691 bits per heavy atom. The molecule has 55 heavy (non-hydrogen) atoms. The molecular weight excluding hydrogens is 858 g/mol. The van der Waals surface area contributed by atoms with Crippen molar-refractivity contribution >= 4 is 49.6 Å². The monoisotopic (exact) mass is 902 g/mol. The topological polar surface area (TPSA) is 57.2 Å². The molecule has 1 atom stereocenters. The minimum Gasteiger partial charge on any atom is -0.518 e. The third-order valence-corrected chi connectivity index (χ3v) is 11.2. The van der Waals surface area contributed by atoms with Gasteiger partial charge >= 0.3 is 21.1 Å². The van der Waals surface area contributed by atoms with Crippen LogP contribution in [0.25, 0.3) is 66.4 Å². The van der Waals surface area contributed by atoms with Gasteiger partial charge in [-0.1, -0.05) is 93.7 Å². The van der Waals surface area contributed by atoms with Crippen LogP contribution in [0.4, 0.5) is 0 Å². The summed E-state index contributed by atoms with van der Waals surface area (Å²) in [5.74, 6) is 2.47. The molecule has 0 radical (unpaired) electrons. The van der Waals surface area contributed by atoms with Crippen LogP contribution in [0.1, 0.15) is 64.2 Å². The summed E-state index contributed by atoms with van der Waals surface area (Å²) in [5, 5.41) is 4.62. The molecule has 4 aromatic heterocycles. The Morgan fingerprint density at radius 3 is 2.22 bits per heavy atom. The first-order valence-electron chi connectivity index (χ1n) is 19.2. The molecule has 0 saturated heterocycles. The summed E-state index contributed by atoms with van der Waals surface area (Å²) in [5.41, 5.74) is 11.1. The number of rotatable bonds is 8. The third kappa shape index (κ3) is 6.39. The number of benzene rings is 4. The fourth-order valence-electron chi connectivity index (χ4n) is 8.76. The minimum atomic E-state index is 0. The van der Waals surface area contributed by atoms with Gasteiger partial charge in [0.15, 0.2) is 0 Å². The van der Waals surface area contributed by atoms with E-state index in [4.69, 9.17) is 19.7 Å². The zero-order chi connectivity index (χ0) is 37.2. The summed E-state index contributed by atoms with van der Waals surface area (Å²) < 4.78 is 11.0. The molecule has 0 spiro atoms. The number of hydrogen-bond donors (Lipinski definition) is 0. The minimum absolute atomic E-state index is 0. The van der Waals surface area contributed by atoms with Crippen molar-refractivity contribution in [3.8, 4) is 22.6 Å². The molecule has 278 valence electrons. The van der Waals surface area contributed by atoms with Gasteiger partial charge in [0, 0.05) is 28.7 Å². The van der Waals surface area contributed by atoms with E-state index >= 15 is 0 Å². The van der Waals surface area contributed by atoms with E-state index in [1.807, 2.05) is 30.6 Å². The molecular formula is C48H45N5OPt. The van der Waals surface area contributed by atoms with Gasteiger partial charge in [-0.3, -0.25) is 9.98 Å². The quantitative estimate of drug-likeness (QED) is 0.143. The number of hydrogen-bond acceptors (Lipinski definition) is 4. The van der Waals surface area contributed by atoms with Gasteiger partial charge in [0.1, 0.15) is 11.5 Å². The van der Waals surface area contributed by atoms with Gasteiger partial charge in [0.05, 0.1) is 23.9 Å². The molecule has 0 unspecified atom stereocenters. The van der Waals surface area contributed by atoms with Crippen molar-refractivity contribution in [1.29, 1.82) is 0 Å². The van der Waals surface area contributed by atoms with Gasteiger partial charge in [-0.2, -0.15) is 6.07 Å². The van der Waals surface area contributed by atoms with Gasteiger partial charge < -0.3 is 13.9 Å². The Balaban J connectivity index is 0.00000427. The second kappa shape index (κ2) is 14.5. The van der Waals surface area contributed by atoms with Crippen molar-refractivity contribution in [2.75, 3.05) is 6.61 Å². The van der Waals surface area contributed by atoms with Gasteiger partial charge in [0.2, 0.25) is 0 Å². The average Bonchev–Trinajstić information content (AvgIpc) is 3.87. The first-order valence-corrected chi connectivity index (χ1v) is 19.2. The molecule has 0 bridgehead atoms. The summed E-state index contributed by atoms with van der Waals surface area (Å²) in [4.78, 5) is 14.9. The summed E-state index contributed by atoms with van der Waals surface area (Å²) in [6, 6.07) is 40.2. The fourth-order valence-corrected chi connectivity index (χ4v) is 8.76. The molecule has 8 aromatic rings. The van der Waals surface area contributed by atoms with E-state index < -0.39 is 0 Å². The predicted octanol–water partition coefficient (Wildman–Crippen LogP) is 11.4. The number of aliphatic imine (C=N–C) groups is 1. The second-order valence-corrected chi connectivity index (χ2v) is 15.9. The zero-order valence-electron chi connectivity index (χ0n) is 32.4. The van der Waals surface area contributed by atoms with Crippen molar-refractivity contribution in [1.82, 2.24) is 19.1 Å². The van der Waals surface area contributed by atoms with Crippen LogP contribution >= 0.6 is 0 Å². The summed E-state index contributed by atoms with van der Waals surface area (Å²) >= 11 is 0. The Kier molecular flexibility index (Phi) is 9.75. The van der Waals surface area contributed by atoms with Crippen LogP contribution in [-0.2, 0) is 25.8 Å². The van der Waals surface area contributed by atoms with Crippen molar-refractivity contribution in [3.05, 3.63) is 132 Å². The smallest absolute Gasteiger partial charge is 0.518 e. The molecule has 1 aliphatic heterocycles. The fraction of sp³-hybridized carbons (Fsp3) is 0.271. The molecule has 0 amide bonds. The number of pyridine rings is 2. The number of aromatic nitrogens is 4. The van der Waals surface area contributed by atoms with E-state index in [0.29, 0.717) is 36.2 Å². The average molecular weight is 903 g/mol. The van der Waals surface area contributed by atoms with Crippen LogP contribution < -0.4 is 0 Å². The SMILES string of the molecule is Cc1ccc2c(c1)c1ccc(-n3c4ccc(C(C)C)cc4c4cccnc43)[c-]c1n2-c1[c-]c(C2=N[C@H](C(C(C)C)C(C)C)CO2)cc(-c2ccccn2)c1.[Pt+2]. The summed E-state index contributed by atoms with van der Waals surface area (Å²) in [7, 11) is 0. The number of aryl methyl sites for hydroxylation is 1. The Labute approximate surface area is 337 Å². The standard InChI is InChI=1S/C48H45N5O.Pt/c1-28(2)32-14-18-44-40(25-32)38-11-10-20-50-47(38)53(44)35-15-16-37-39-21-31(7)13-17-43(39)52(45(37)26-35)36-23-33(41-12-8-9-19-49-41)22-34(24-36)48-51-42(27-54-48)46(29(3)4)30(5)6;/h8-23,25,28-30,42,46H,27H2,1-7H3;/q-2;+2/t42-;/m0./s1. The summed E-state index contributed by atoms with van der Waals surface area (Å²) in [6.07, 6.45) is 3.72. The molecule has 4 aromatic carbocycles. The van der Waals surface area contributed by atoms with E-state index in [-0.39, 0.29) is 27.1 Å². The molecule has 0 fully saturated rings. The molecule has 9 rings (SSSR count). The van der Waals surface area contributed by atoms with E-state index in [1.54, 1.807) is 0 Å². The van der Waals surface area contributed by atoms with Crippen molar-refractivity contribution in [2.24, 2.45) is 22.7 Å². The van der Waals surface area contributed by atoms with Crippen LogP contribution in [0, 0.1) is 36.8 Å². The molecule has 7 heteroatoms. The first-order chi connectivity index (χ1) is 26.2. The Hall–Kier alpha value is -5.06. The van der Waals surface area contributed by atoms with Crippen molar-refractivity contribution in [3.63, 3.8) is 0 Å². The van der Waals surface area contributed by atoms with Crippen molar-refractivity contribution < 1.29 is 25.8 Å². The largest absolute Gasteiger partial charge is 2.00 e. The normalized spacial score (nSPS) is 14.6. The Morgan fingerprint density at radius 2 is 1.45 bits per heavy atom. The number of fused-ring (bicyclic) bond motifs is 6. The molecule has 6 nitrogen and oxygen atoms in total. The van der Waals surface area contributed by atoms with Crippen molar-refractivity contribution in [2.45, 2.75) is 60.4 Å². The van der Waals surface area contributed by atoms with Gasteiger partial charge in [-0.25, -0.2) is 4.98 Å². The van der Waals surface area contributed by atoms with Crippen LogP contribution in [-0.4, -0.2) is 37.6 Å². The number of nitrogens with zero attached hydrogens (tertiary/aromatic N) is 5. The summed E-state index contributed by atoms with van der Waals surface area (Å²) in [6.45, 7) is 16.4. The van der Waals surface area contributed by atoms with E-state index in [1.165, 1.54) is 21.9 Å².